The number of aromatic nitrogens is 1. The van der Waals surface area contributed by atoms with Crippen LogP contribution in [0.3, 0.4) is 0 Å². The molecule has 3 atom stereocenters. The van der Waals surface area contributed by atoms with Crippen LogP contribution < -0.4 is 10.5 Å². The molecule has 0 aliphatic heterocycles. The zero-order chi connectivity index (χ0) is 25.8. The Morgan fingerprint density at radius 2 is 1.89 bits per heavy atom. The molecule has 2 heterocycles. The summed E-state index contributed by atoms with van der Waals surface area (Å²) in [7, 11) is -4.36. The molecule has 186 valence electrons. The molecule has 1 aliphatic rings. The Balaban J connectivity index is 1.59. The second-order valence-electron chi connectivity index (χ2n) is 8.12. The molecule has 3 aromatic rings. The van der Waals surface area contributed by atoms with E-state index in [1.165, 1.54) is 6.07 Å². The zero-order valence-electron chi connectivity index (χ0n) is 17.9. The van der Waals surface area contributed by atoms with Crippen molar-refractivity contribution in [3.63, 3.8) is 0 Å². The van der Waals surface area contributed by atoms with E-state index < -0.39 is 51.2 Å². The second kappa shape index (κ2) is 8.46. The van der Waals surface area contributed by atoms with Gasteiger partial charge in [0.15, 0.2) is 0 Å². The number of nitrogens with zero attached hydrogens (tertiary/aromatic N) is 1. The second-order valence-corrected chi connectivity index (χ2v) is 11.1. The van der Waals surface area contributed by atoms with Crippen LogP contribution in [0.4, 0.5) is 13.2 Å². The predicted octanol–water partition coefficient (Wildman–Crippen LogP) is 2.98. The lowest BCUT2D eigenvalue weighted by molar-refractivity contribution is -0.155. The van der Waals surface area contributed by atoms with Crippen LogP contribution in [-0.4, -0.2) is 36.1 Å². The number of alkyl halides is 3. The number of aliphatic carboxylic acids is 1. The summed E-state index contributed by atoms with van der Waals surface area (Å²) in [6.45, 7) is 1.59. The molecule has 4 N–H and O–H groups in total. The van der Waals surface area contributed by atoms with Crippen molar-refractivity contribution >= 4 is 33.2 Å². The summed E-state index contributed by atoms with van der Waals surface area (Å²) in [5.74, 6) is -4.53. The Bertz CT molecular complexity index is 1400. The summed E-state index contributed by atoms with van der Waals surface area (Å²) in [4.78, 5) is 23.4. The molecule has 4 rings (SSSR count). The van der Waals surface area contributed by atoms with E-state index in [0.717, 1.165) is 6.07 Å². The number of hydrogen-bond acceptors (Lipinski definition) is 7. The Morgan fingerprint density at radius 1 is 1.23 bits per heavy atom. The van der Waals surface area contributed by atoms with Crippen LogP contribution >= 0.6 is 11.3 Å². The fraction of sp³-hybridized carbons (Fsp3) is 0.286. The molecule has 1 aromatic carbocycles. The number of carbonyl (C=O) groups excluding carboxylic acids is 1. The van der Waals surface area contributed by atoms with Gasteiger partial charge in [-0.1, -0.05) is 36.3 Å². The van der Waals surface area contributed by atoms with Crippen molar-refractivity contribution in [2.24, 2.45) is 11.7 Å². The van der Waals surface area contributed by atoms with E-state index in [0.29, 0.717) is 28.5 Å². The number of carboxylic acids is 1. The van der Waals surface area contributed by atoms with Crippen LogP contribution in [0.15, 0.2) is 51.2 Å². The summed E-state index contributed by atoms with van der Waals surface area (Å²) >= 11 is 0.626. The third-order valence-electron chi connectivity index (χ3n) is 5.86. The lowest BCUT2D eigenvalue weighted by atomic mass is 10.0. The number of nitrogens with two attached hydrogens (primary N) is 1. The van der Waals surface area contributed by atoms with Gasteiger partial charge in [0.2, 0.25) is 11.7 Å². The first-order valence-electron chi connectivity index (χ1n) is 10.0. The minimum absolute atomic E-state index is 0.00784. The van der Waals surface area contributed by atoms with Crippen molar-refractivity contribution in [1.29, 1.82) is 0 Å². The third kappa shape index (κ3) is 4.56. The van der Waals surface area contributed by atoms with Crippen LogP contribution in [0, 0.1) is 5.92 Å². The largest absolute Gasteiger partial charge is 0.480 e. The molecule has 1 aliphatic carbocycles. The van der Waals surface area contributed by atoms with Gasteiger partial charge in [0, 0.05) is 12.0 Å². The summed E-state index contributed by atoms with van der Waals surface area (Å²) in [5, 5.41) is 13.3. The van der Waals surface area contributed by atoms with E-state index in [9.17, 15) is 36.3 Å². The third-order valence-corrected chi connectivity index (χ3v) is 8.95. The summed E-state index contributed by atoms with van der Waals surface area (Å²) in [6, 6.07) is 9.52. The maximum atomic E-state index is 13.1. The number of nitrogens with one attached hydrogen (secondary N) is 1. The van der Waals surface area contributed by atoms with Crippen LogP contribution in [-0.2, 0) is 32.2 Å². The Hall–Kier alpha value is -3.23. The topological polar surface area (TPSA) is 153 Å². The van der Waals surface area contributed by atoms with Crippen LogP contribution in [0.1, 0.15) is 29.7 Å². The molecule has 14 heteroatoms. The molecule has 0 spiro atoms. The van der Waals surface area contributed by atoms with E-state index in [1.807, 2.05) is 0 Å². The van der Waals surface area contributed by atoms with Crippen molar-refractivity contribution in [3.05, 3.63) is 59.4 Å². The lowest BCUT2D eigenvalue weighted by Gasteiger charge is -2.15. The quantitative estimate of drug-likeness (QED) is 0.406. The number of thiophene rings is 1. The van der Waals surface area contributed by atoms with Crippen molar-refractivity contribution in [1.82, 2.24) is 9.88 Å². The molecule has 35 heavy (non-hydrogen) atoms. The van der Waals surface area contributed by atoms with Gasteiger partial charge in [0.05, 0.1) is 11.3 Å². The van der Waals surface area contributed by atoms with Crippen molar-refractivity contribution in [2.75, 3.05) is 0 Å². The molecule has 0 unspecified atom stereocenters. The van der Waals surface area contributed by atoms with E-state index in [2.05, 4.69) is 14.4 Å². The van der Waals surface area contributed by atoms with Crippen molar-refractivity contribution in [3.8, 4) is 10.6 Å². The Kier molecular flexibility index (Phi) is 6.02. The average Bonchev–Trinajstić information content (AvgIpc) is 3.20. The van der Waals surface area contributed by atoms with E-state index in [4.69, 9.17) is 5.73 Å². The first-order valence-corrected chi connectivity index (χ1v) is 12.3. The Labute approximate surface area is 200 Å². The predicted molar refractivity (Wildman–Crippen MR) is 117 cm³/mol. The first kappa shape index (κ1) is 24.9. The van der Waals surface area contributed by atoms with Crippen LogP contribution in [0.5, 0.6) is 0 Å². The number of amides is 1. The summed E-state index contributed by atoms with van der Waals surface area (Å²) in [5.41, 5.74) is 4.33. The maximum absolute atomic E-state index is 13.1. The Morgan fingerprint density at radius 3 is 2.43 bits per heavy atom. The molecule has 0 saturated heterocycles. The van der Waals surface area contributed by atoms with Gasteiger partial charge in [0.25, 0.3) is 10.0 Å². The number of primary amides is 1. The van der Waals surface area contributed by atoms with E-state index in [-0.39, 0.29) is 21.2 Å². The van der Waals surface area contributed by atoms with Gasteiger partial charge in [0.1, 0.15) is 15.4 Å². The average molecular weight is 530 g/mol. The smallest absolute Gasteiger partial charge is 0.452 e. The van der Waals surface area contributed by atoms with Gasteiger partial charge >= 0.3 is 12.1 Å². The summed E-state index contributed by atoms with van der Waals surface area (Å²) < 4.78 is 70.7. The number of halogens is 3. The number of carboxylic acid groups (broad SMARTS) is 1. The molecule has 2 aromatic heterocycles. The minimum atomic E-state index is -4.75. The minimum Gasteiger partial charge on any atom is -0.480 e. The molecular weight excluding hydrogens is 511 g/mol. The number of benzene rings is 1. The van der Waals surface area contributed by atoms with E-state index in [1.54, 1.807) is 31.2 Å². The van der Waals surface area contributed by atoms with Gasteiger partial charge in [-0.25, -0.2) is 8.42 Å². The lowest BCUT2D eigenvalue weighted by Crippen LogP contribution is -2.45. The highest BCUT2D eigenvalue weighted by Crippen LogP contribution is 2.58. The number of hydrogen-bond donors (Lipinski definition) is 3. The molecule has 0 radical (unpaired) electrons. The fourth-order valence-electron chi connectivity index (χ4n) is 4.08. The zero-order valence-corrected chi connectivity index (χ0v) is 19.5. The molecular formula is C21H18F3N3O6S2. The maximum Gasteiger partial charge on any atom is 0.452 e. The number of sulfonamides is 1. The molecule has 1 saturated carbocycles. The van der Waals surface area contributed by atoms with Crippen LogP contribution in [0.25, 0.3) is 10.6 Å². The number of carbonyl (C=O) groups is 2. The molecule has 1 fully saturated rings. The van der Waals surface area contributed by atoms with Gasteiger partial charge in [-0.15, -0.1) is 11.3 Å². The monoisotopic (exact) mass is 529 g/mol. The molecule has 0 bridgehead atoms. The standard InChI is InChI=1S/C21H18F3N3O6S2/c1-10-18(12-4-2-11(3-5-12)8-16(25)28)20(10,19(29)30)27-35(31,32)17-7-6-14(34-17)13-9-15(33-26-13)21(22,23)24/h2-7,9-10,18,27H,8H2,1H3,(H2,25,28)(H,29,30)/t10-,18+,20-/m1/s1. The first-order chi connectivity index (χ1) is 16.3. The molecule has 1 amide bonds. The highest BCUT2D eigenvalue weighted by molar-refractivity contribution is 7.91. The number of rotatable bonds is 8. The van der Waals surface area contributed by atoms with E-state index >= 15 is 0 Å². The van der Waals surface area contributed by atoms with Crippen molar-refractivity contribution < 1.29 is 40.8 Å². The molecule has 9 nitrogen and oxygen atoms in total. The van der Waals surface area contributed by atoms with Gasteiger partial charge < -0.3 is 15.4 Å². The highest BCUT2D eigenvalue weighted by Gasteiger charge is 2.70. The van der Waals surface area contributed by atoms with Gasteiger partial charge in [-0.3, -0.25) is 9.59 Å². The highest BCUT2D eigenvalue weighted by atomic mass is 32.2. The van der Waals surface area contributed by atoms with Gasteiger partial charge in [-0.2, -0.15) is 17.9 Å². The summed E-state index contributed by atoms with van der Waals surface area (Å²) in [6.07, 6.45) is -4.74. The SMILES string of the molecule is C[C@@H]1[C@@H](c2ccc(CC(N)=O)cc2)[C@@]1(NS(=O)(=O)c1ccc(-c2cc(C(F)(F)F)on2)s1)C(=O)O. The fourth-order valence-corrected chi connectivity index (χ4v) is 6.80. The normalized spacial score (nSPS) is 22.2. The van der Waals surface area contributed by atoms with Crippen LogP contribution in [0.2, 0.25) is 0 Å². The van der Waals surface area contributed by atoms with Crippen molar-refractivity contribution in [2.45, 2.75) is 35.2 Å². The van der Waals surface area contributed by atoms with Gasteiger partial charge in [-0.05, 0) is 29.2 Å².